The van der Waals surface area contributed by atoms with Gasteiger partial charge in [0.15, 0.2) is 0 Å². The van der Waals surface area contributed by atoms with Crippen LogP contribution >= 0.6 is 0 Å². The van der Waals surface area contributed by atoms with Crippen LogP contribution in [0.25, 0.3) is 0 Å². The Morgan fingerprint density at radius 3 is 1.00 bits per heavy atom. The molecule has 0 aromatic carbocycles. The summed E-state index contributed by atoms with van der Waals surface area (Å²) in [5.74, 6) is 0. The second-order valence-corrected chi connectivity index (χ2v) is 19.4. The van der Waals surface area contributed by atoms with Crippen molar-refractivity contribution in [3.8, 4) is 0 Å². The summed E-state index contributed by atoms with van der Waals surface area (Å²) in [6.45, 7) is 0. The maximum atomic E-state index is 2.40. The van der Waals surface area contributed by atoms with Crippen LogP contribution in [0.1, 0.15) is 0 Å². The average Bonchev–Trinajstić information content (AvgIpc) is 2.62. The van der Waals surface area contributed by atoms with Gasteiger partial charge >= 0.3 is 108 Å². The predicted molar refractivity (Wildman–Crippen MR) is 17.3 cm³/mol. The van der Waals surface area contributed by atoms with Gasteiger partial charge in [0.2, 0.25) is 0 Å². The molecular formula is Si3Ti5. The predicted octanol–water partition coefficient (Wildman–Crippen LogP) is -1.15. The fraction of sp³-hybridized carbons (Fsp3) is 0. The van der Waals surface area contributed by atoms with E-state index in [-0.39, 0.29) is 0 Å². The summed E-state index contributed by atoms with van der Waals surface area (Å²) in [5.41, 5.74) is 0. The van der Waals surface area contributed by atoms with E-state index in [2.05, 4.69) is 19.2 Å². The van der Waals surface area contributed by atoms with Crippen LogP contribution in [-0.4, -0.2) is 22.3 Å². The minimum atomic E-state index is 0.426. The van der Waals surface area contributed by atoms with Crippen molar-refractivity contribution < 1.29 is 85.7 Å². The number of hydrogen-bond donors (Lipinski definition) is 0. The molecule has 0 amide bonds. The maximum absolute atomic E-state index is 2.40. The first-order chi connectivity index (χ1) is 3.89. The number of rotatable bonds is 0. The van der Waals surface area contributed by atoms with Gasteiger partial charge in [0, 0.05) is 0 Å². The summed E-state index contributed by atoms with van der Waals surface area (Å²) in [7, 11) is 2.87. The van der Waals surface area contributed by atoms with Crippen LogP contribution in [0.15, 0.2) is 0 Å². The first-order valence-electron chi connectivity index (χ1n) is 1.50. The van der Waals surface area contributed by atoms with Gasteiger partial charge < -0.3 is 0 Å². The SMILES string of the molecule is [Ti]=[Si]1[Si][Si]1.[Ti]=[Ti].[Ti]=[Ti]. The van der Waals surface area contributed by atoms with Gasteiger partial charge in [0.1, 0.15) is 0 Å². The molecule has 0 aliphatic carbocycles. The molecule has 0 aromatic rings. The molecule has 8 heteroatoms. The van der Waals surface area contributed by atoms with Crippen molar-refractivity contribution in [3.63, 3.8) is 0 Å². The normalized spacial score (nSPS) is 11.1. The molecule has 1 fully saturated rings. The van der Waals surface area contributed by atoms with Crippen LogP contribution in [0.2, 0.25) is 0 Å². The van der Waals surface area contributed by atoms with Crippen molar-refractivity contribution in [1.82, 2.24) is 0 Å². The van der Waals surface area contributed by atoms with Gasteiger partial charge in [-0.1, -0.05) is 0 Å². The van der Waals surface area contributed by atoms with E-state index < -0.39 is 0 Å². The fourth-order valence-corrected chi connectivity index (χ4v) is 10.4. The first-order valence-corrected chi connectivity index (χ1v) is 18.3. The molecule has 0 unspecified atom stereocenters. The van der Waals surface area contributed by atoms with Gasteiger partial charge in [-0.05, 0) is 0 Å². The zero-order chi connectivity index (χ0) is 6.99. The van der Waals surface area contributed by atoms with E-state index in [0.29, 0.717) is 5.22 Å². The molecule has 1 aliphatic rings. The van der Waals surface area contributed by atoms with E-state index in [0.717, 1.165) is 0 Å². The summed E-state index contributed by atoms with van der Waals surface area (Å²) in [5, 5.41) is 0.426. The van der Waals surface area contributed by atoms with Gasteiger partial charge in [-0.15, -0.1) is 0 Å². The monoisotopic (exact) mass is 324 g/mol. The van der Waals surface area contributed by atoms with Gasteiger partial charge in [-0.25, -0.2) is 0 Å². The molecule has 8 heavy (non-hydrogen) atoms. The van der Waals surface area contributed by atoms with Gasteiger partial charge in [0.05, 0.1) is 0 Å². The molecule has 0 nitrogen and oxygen atoms in total. The zero-order valence-corrected chi connectivity index (χ0v) is 14.8. The second-order valence-electron chi connectivity index (χ2n) is 0.625. The summed E-state index contributed by atoms with van der Waals surface area (Å²) < 4.78 is 0. The Morgan fingerprint density at radius 2 is 1.00 bits per heavy atom. The van der Waals surface area contributed by atoms with Crippen LogP contribution in [0.3, 0.4) is 0 Å². The average molecular weight is 324 g/mol. The Labute approximate surface area is 105 Å². The first kappa shape index (κ1) is 14.7. The third kappa shape index (κ3) is 16.7. The topological polar surface area (TPSA) is 0 Å². The van der Waals surface area contributed by atoms with Gasteiger partial charge in [-0.3, -0.25) is 0 Å². The molecule has 0 aromatic heterocycles. The van der Waals surface area contributed by atoms with Crippen molar-refractivity contribution in [2.75, 3.05) is 0 Å². The Kier molecular flexibility index (Phi) is 25.4. The van der Waals surface area contributed by atoms with E-state index in [1.54, 1.807) is 0 Å². The molecular weight excluding hydrogens is 324 g/mol. The van der Waals surface area contributed by atoms with Crippen LogP contribution < -0.4 is 0 Å². The van der Waals surface area contributed by atoms with Crippen molar-refractivity contribution in [3.05, 3.63) is 0 Å². The Hall–Kier alpha value is 4.22. The quantitative estimate of drug-likeness (QED) is 0.494. The molecule has 1 rings (SSSR count). The zero-order valence-electron chi connectivity index (χ0n) is 4.00. The van der Waals surface area contributed by atoms with Crippen LogP contribution in [0.5, 0.6) is 0 Å². The van der Waals surface area contributed by atoms with Crippen molar-refractivity contribution in [1.29, 1.82) is 0 Å². The molecule has 0 N–H and O–H groups in total. The molecule has 0 spiro atoms. The third-order valence-corrected chi connectivity index (χ3v) is 17.3. The van der Waals surface area contributed by atoms with E-state index in [1.165, 1.54) is 17.1 Å². The molecule has 0 saturated carbocycles. The third-order valence-electron chi connectivity index (χ3n) is 0.250. The van der Waals surface area contributed by atoms with E-state index in [4.69, 9.17) is 0 Å². The standard InChI is InChI=1S/Si3.5Ti/c1-2-3-1;;;;;. The Bertz CT molecular complexity index is 62.1. The van der Waals surface area contributed by atoms with Crippen LogP contribution in [0.4, 0.5) is 0 Å². The van der Waals surface area contributed by atoms with Crippen LogP contribution in [0, 0.1) is 0 Å². The van der Waals surface area contributed by atoms with Crippen molar-refractivity contribution in [2.45, 2.75) is 0 Å². The molecule has 1 aliphatic heterocycles. The Balaban J connectivity index is 0. The van der Waals surface area contributed by atoms with Crippen molar-refractivity contribution in [2.24, 2.45) is 0 Å². The molecule has 4 radical (unpaired) electrons. The molecule has 32 valence electrons. The number of hydrogen-bond acceptors (Lipinski definition) is 0. The van der Waals surface area contributed by atoms with Crippen molar-refractivity contribution >= 4 is 22.3 Å². The Morgan fingerprint density at radius 1 is 0.875 bits per heavy atom. The minimum absolute atomic E-state index is 0.426. The van der Waals surface area contributed by atoms with Gasteiger partial charge in [0.25, 0.3) is 0 Å². The molecule has 0 atom stereocenters. The summed E-state index contributed by atoms with van der Waals surface area (Å²) >= 11 is 10.4. The molecule has 1 heterocycles. The summed E-state index contributed by atoms with van der Waals surface area (Å²) in [4.78, 5) is 0. The van der Waals surface area contributed by atoms with E-state index in [9.17, 15) is 0 Å². The van der Waals surface area contributed by atoms with E-state index in [1.807, 2.05) is 66.5 Å². The summed E-state index contributed by atoms with van der Waals surface area (Å²) in [6, 6.07) is 0. The summed E-state index contributed by atoms with van der Waals surface area (Å²) in [6.07, 6.45) is 0. The van der Waals surface area contributed by atoms with Crippen LogP contribution in [-0.2, 0) is 85.7 Å². The molecule has 1 saturated heterocycles. The fourth-order valence-electron chi connectivity index (χ4n) is 0.0312. The van der Waals surface area contributed by atoms with E-state index >= 15 is 0 Å². The second kappa shape index (κ2) is 13.8. The van der Waals surface area contributed by atoms with Gasteiger partial charge in [-0.2, -0.15) is 0 Å². The molecule has 0 bridgehead atoms.